The number of fused-ring (bicyclic) bond motifs is 2. The van der Waals surface area contributed by atoms with Gasteiger partial charge in [-0.2, -0.15) is 0 Å². The lowest BCUT2D eigenvalue weighted by atomic mass is 10.0. The number of H-pyrrole nitrogens is 1. The van der Waals surface area contributed by atoms with Gasteiger partial charge in [0, 0.05) is 33.4 Å². The first-order chi connectivity index (χ1) is 16.1. The Labute approximate surface area is 195 Å². The number of carbonyl (C=O) groups excluding carboxylic acids is 1. The maximum atomic E-state index is 14.1. The van der Waals surface area contributed by atoms with Crippen molar-refractivity contribution < 1.29 is 9.18 Å². The van der Waals surface area contributed by atoms with Crippen LogP contribution in [0.3, 0.4) is 0 Å². The van der Waals surface area contributed by atoms with Crippen molar-refractivity contribution in [2.75, 3.05) is 5.32 Å². The fourth-order valence-corrected chi connectivity index (χ4v) is 4.21. The first-order valence-electron chi connectivity index (χ1n) is 10.8. The van der Waals surface area contributed by atoms with Crippen LogP contribution < -0.4 is 5.32 Å². The molecule has 0 atom stereocenters. The van der Waals surface area contributed by atoms with Gasteiger partial charge in [0.05, 0.1) is 16.9 Å². The minimum absolute atomic E-state index is 0.0753. The number of amides is 1. The van der Waals surface area contributed by atoms with Crippen LogP contribution in [0.5, 0.6) is 0 Å². The zero-order valence-corrected chi connectivity index (χ0v) is 18.5. The molecule has 1 amide bonds. The average Bonchev–Trinajstić information content (AvgIpc) is 3.18. The number of para-hydroxylation sites is 1. The largest absolute Gasteiger partial charge is 0.353 e. The highest BCUT2D eigenvalue weighted by Gasteiger charge is 2.16. The second-order valence-electron chi connectivity index (χ2n) is 7.97. The molecule has 0 saturated carbocycles. The predicted molar refractivity (Wildman–Crippen MR) is 132 cm³/mol. The summed E-state index contributed by atoms with van der Waals surface area (Å²) < 4.78 is 14.1. The number of halogens is 2. The molecule has 3 aromatic carbocycles. The number of aromatic amines is 1. The summed E-state index contributed by atoms with van der Waals surface area (Å²) in [4.78, 5) is 20.6. The summed E-state index contributed by atoms with van der Waals surface area (Å²) in [5, 5.41) is 5.38. The maximum absolute atomic E-state index is 14.1. The van der Waals surface area contributed by atoms with Gasteiger partial charge in [-0.25, -0.2) is 9.37 Å². The third-order valence-corrected chi connectivity index (χ3v) is 5.93. The van der Waals surface area contributed by atoms with Gasteiger partial charge in [0.1, 0.15) is 5.82 Å². The number of nitrogens with one attached hydrogen (secondary N) is 2. The lowest BCUT2D eigenvalue weighted by Crippen LogP contribution is -2.11. The molecule has 6 heteroatoms. The number of rotatable bonds is 6. The Bertz CT molecular complexity index is 1460. The highest BCUT2D eigenvalue weighted by atomic mass is 35.5. The lowest BCUT2D eigenvalue weighted by Gasteiger charge is -2.08. The monoisotopic (exact) mass is 457 g/mol. The van der Waals surface area contributed by atoms with Gasteiger partial charge in [0.2, 0.25) is 5.91 Å². The van der Waals surface area contributed by atoms with Gasteiger partial charge >= 0.3 is 0 Å². The van der Waals surface area contributed by atoms with Crippen molar-refractivity contribution >= 4 is 45.0 Å². The van der Waals surface area contributed by atoms with Gasteiger partial charge in [-0.15, -0.1) is 0 Å². The van der Waals surface area contributed by atoms with Crippen LogP contribution in [0.25, 0.3) is 33.2 Å². The first-order valence-corrected chi connectivity index (χ1v) is 11.2. The molecule has 33 heavy (non-hydrogen) atoms. The third-order valence-electron chi connectivity index (χ3n) is 5.68. The second kappa shape index (κ2) is 9.04. The van der Waals surface area contributed by atoms with Gasteiger partial charge < -0.3 is 10.3 Å². The average molecular weight is 458 g/mol. The molecule has 0 spiro atoms. The van der Waals surface area contributed by atoms with Crippen molar-refractivity contribution in [1.82, 2.24) is 9.97 Å². The van der Waals surface area contributed by atoms with Crippen molar-refractivity contribution in [3.63, 3.8) is 0 Å². The zero-order valence-electron chi connectivity index (χ0n) is 17.7. The molecule has 0 radical (unpaired) electrons. The predicted octanol–water partition coefficient (Wildman–Crippen LogP) is 7.14. The molecule has 4 nitrogen and oxygen atoms in total. The Kier molecular flexibility index (Phi) is 5.80. The number of hydrogen-bond acceptors (Lipinski definition) is 2. The number of carbonyl (C=O) groups is 1. The molecule has 5 aromatic rings. The standard InChI is InChI=1S/C27H21ClFN3O/c28-18-9-12-20(13-10-18)30-26(33)7-3-5-21-22-16-19(29)11-15-24(22)32-27(21)25-14-8-17-4-1-2-6-23(17)31-25/h1-2,4,6,8-16,32H,3,5,7H2,(H,30,33). The molecular weight excluding hydrogens is 437 g/mol. The van der Waals surface area contributed by atoms with Crippen molar-refractivity contribution in [3.05, 3.63) is 95.3 Å². The van der Waals surface area contributed by atoms with Crippen LogP contribution in [-0.2, 0) is 11.2 Å². The van der Waals surface area contributed by atoms with E-state index in [-0.39, 0.29) is 11.7 Å². The summed E-state index contributed by atoms with van der Waals surface area (Å²) >= 11 is 5.90. The highest BCUT2D eigenvalue weighted by molar-refractivity contribution is 6.30. The summed E-state index contributed by atoms with van der Waals surface area (Å²) in [6.45, 7) is 0. The van der Waals surface area contributed by atoms with E-state index >= 15 is 0 Å². The fourth-order valence-electron chi connectivity index (χ4n) is 4.09. The SMILES string of the molecule is O=C(CCCc1c(-c2ccc3ccccc3n2)[nH]c2ccc(F)cc12)Nc1ccc(Cl)cc1. The number of anilines is 1. The Morgan fingerprint density at radius 3 is 2.67 bits per heavy atom. The number of benzene rings is 3. The molecule has 2 heterocycles. The van der Waals surface area contributed by atoms with E-state index in [4.69, 9.17) is 16.6 Å². The number of nitrogens with zero attached hydrogens (tertiary/aromatic N) is 1. The first kappa shape index (κ1) is 21.2. The van der Waals surface area contributed by atoms with Crippen LogP contribution in [0, 0.1) is 5.82 Å². The van der Waals surface area contributed by atoms with Crippen molar-refractivity contribution in [2.24, 2.45) is 0 Å². The van der Waals surface area contributed by atoms with Gasteiger partial charge in [0.15, 0.2) is 0 Å². The van der Waals surface area contributed by atoms with Crippen molar-refractivity contribution in [2.45, 2.75) is 19.3 Å². The van der Waals surface area contributed by atoms with Crippen molar-refractivity contribution in [3.8, 4) is 11.4 Å². The number of pyridine rings is 1. The minimum atomic E-state index is -0.291. The Morgan fingerprint density at radius 1 is 1.00 bits per heavy atom. The molecule has 2 N–H and O–H groups in total. The molecule has 0 saturated heterocycles. The van der Waals surface area contributed by atoms with E-state index in [9.17, 15) is 9.18 Å². The highest BCUT2D eigenvalue weighted by Crippen LogP contribution is 2.32. The van der Waals surface area contributed by atoms with E-state index in [0.717, 1.165) is 38.8 Å². The van der Waals surface area contributed by atoms with E-state index in [2.05, 4.69) is 10.3 Å². The van der Waals surface area contributed by atoms with Crippen LogP contribution in [0.2, 0.25) is 5.02 Å². The smallest absolute Gasteiger partial charge is 0.224 e. The quantitative estimate of drug-likeness (QED) is 0.285. The van der Waals surface area contributed by atoms with Crippen LogP contribution in [0.1, 0.15) is 18.4 Å². The van der Waals surface area contributed by atoms with Crippen molar-refractivity contribution in [1.29, 1.82) is 0 Å². The summed E-state index contributed by atoms with van der Waals surface area (Å²) in [5.41, 5.74) is 5.08. The Balaban J connectivity index is 1.40. The Morgan fingerprint density at radius 2 is 1.82 bits per heavy atom. The molecule has 164 valence electrons. The molecule has 5 rings (SSSR count). The Hall–Kier alpha value is -3.70. The summed E-state index contributed by atoms with van der Waals surface area (Å²) in [6.07, 6.45) is 1.57. The van der Waals surface area contributed by atoms with Crippen LogP contribution in [-0.4, -0.2) is 15.9 Å². The van der Waals surface area contributed by atoms with E-state index in [0.29, 0.717) is 30.0 Å². The summed E-state index contributed by atoms with van der Waals surface area (Å²) in [6, 6.07) is 23.7. The second-order valence-corrected chi connectivity index (χ2v) is 8.40. The maximum Gasteiger partial charge on any atom is 0.224 e. The summed E-state index contributed by atoms with van der Waals surface area (Å²) in [7, 11) is 0. The van der Waals surface area contributed by atoms with E-state index in [1.807, 2.05) is 36.4 Å². The van der Waals surface area contributed by atoms with Gasteiger partial charge in [-0.3, -0.25) is 4.79 Å². The van der Waals surface area contributed by atoms with E-state index in [1.54, 1.807) is 36.4 Å². The molecule has 0 unspecified atom stereocenters. The molecule has 0 aliphatic carbocycles. The van der Waals surface area contributed by atoms with Crippen LogP contribution in [0.4, 0.5) is 10.1 Å². The molecule has 0 aliphatic heterocycles. The minimum Gasteiger partial charge on any atom is -0.353 e. The number of aromatic nitrogens is 2. The van der Waals surface area contributed by atoms with Crippen LogP contribution >= 0.6 is 11.6 Å². The topological polar surface area (TPSA) is 57.8 Å². The van der Waals surface area contributed by atoms with E-state index < -0.39 is 0 Å². The zero-order chi connectivity index (χ0) is 22.8. The van der Waals surface area contributed by atoms with Crippen LogP contribution in [0.15, 0.2) is 78.9 Å². The molecule has 0 bridgehead atoms. The molecule has 2 aromatic heterocycles. The van der Waals surface area contributed by atoms with E-state index in [1.165, 1.54) is 6.07 Å². The molecule has 0 fully saturated rings. The third kappa shape index (κ3) is 4.59. The fraction of sp³-hybridized carbons (Fsp3) is 0.111. The number of aryl methyl sites for hydroxylation is 1. The van der Waals surface area contributed by atoms with Gasteiger partial charge in [-0.05, 0) is 73.0 Å². The summed E-state index contributed by atoms with van der Waals surface area (Å²) in [5.74, 6) is -0.366. The van der Waals surface area contributed by atoms with Gasteiger partial charge in [0.25, 0.3) is 0 Å². The lowest BCUT2D eigenvalue weighted by molar-refractivity contribution is -0.116. The number of hydrogen-bond donors (Lipinski definition) is 2. The van der Waals surface area contributed by atoms with Gasteiger partial charge in [-0.1, -0.05) is 35.9 Å². The molecular formula is C27H21ClFN3O. The normalized spacial score (nSPS) is 11.2. The molecule has 0 aliphatic rings.